The molecule has 0 bridgehead atoms. The maximum atomic E-state index is 11.5. The predicted molar refractivity (Wildman–Crippen MR) is 84.1 cm³/mol. The van der Waals surface area contributed by atoms with Crippen molar-refractivity contribution >= 4 is 21.9 Å². The molecule has 0 saturated carbocycles. The lowest BCUT2D eigenvalue weighted by atomic mass is 9.91. The van der Waals surface area contributed by atoms with Crippen molar-refractivity contribution < 1.29 is 9.90 Å². The molecule has 2 aromatic carbocycles. The second-order valence-electron chi connectivity index (χ2n) is 5.07. The van der Waals surface area contributed by atoms with Crippen molar-refractivity contribution in [2.24, 2.45) is 0 Å². The van der Waals surface area contributed by atoms with Crippen LogP contribution in [0.3, 0.4) is 0 Å². The Bertz CT molecular complexity index is 617. The Hall–Kier alpha value is -1.61. The van der Waals surface area contributed by atoms with Gasteiger partial charge in [-0.05, 0) is 54.7 Å². The van der Waals surface area contributed by atoms with Crippen LogP contribution in [0.25, 0.3) is 0 Å². The lowest BCUT2D eigenvalue weighted by molar-refractivity contribution is -0.138. The van der Waals surface area contributed by atoms with Gasteiger partial charge >= 0.3 is 5.97 Å². The molecular formula is C17H17BrO2. The quantitative estimate of drug-likeness (QED) is 0.896. The average Bonchev–Trinajstić information content (AvgIpc) is 2.41. The van der Waals surface area contributed by atoms with Crippen LogP contribution in [0.15, 0.2) is 46.9 Å². The van der Waals surface area contributed by atoms with Crippen molar-refractivity contribution in [2.75, 3.05) is 0 Å². The molecule has 2 rings (SSSR count). The summed E-state index contributed by atoms with van der Waals surface area (Å²) in [6.45, 7) is 4.11. The van der Waals surface area contributed by atoms with E-state index in [4.69, 9.17) is 0 Å². The second-order valence-corrected chi connectivity index (χ2v) is 5.98. The van der Waals surface area contributed by atoms with Crippen LogP contribution in [-0.4, -0.2) is 11.1 Å². The predicted octanol–water partition coefficient (Wildman–Crippen LogP) is 4.48. The molecule has 0 fully saturated rings. The van der Waals surface area contributed by atoms with E-state index in [1.54, 1.807) is 0 Å². The van der Waals surface area contributed by atoms with Gasteiger partial charge in [-0.1, -0.05) is 46.3 Å². The maximum Gasteiger partial charge on any atom is 0.311 e. The first kappa shape index (κ1) is 14.8. The SMILES string of the molecule is Cc1ccc(CC(C(=O)O)c2ccc(Br)cc2)cc1C. The number of halogens is 1. The van der Waals surface area contributed by atoms with Gasteiger partial charge in [0.2, 0.25) is 0 Å². The molecular weight excluding hydrogens is 316 g/mol. The van der Waals surface area contributed by atoms with Crippen LogP contribution in [0, 0.1) is 13.8 Å². The topological polar surface area (TPSA) is 37.3 Å². The number of hydrogen-bond acceptors (Lipinski definition) is 1. The molecule has 0 aromatic heterocycles. The first-order chi connectivity index (χ1) is 9.47. The van der Waals surface area contributed by atoms with Crippen molar-refractivity contribution in [3.63, 3.8) is 0 Å². The van der Waals surface area contributed by atoms with Gasteiger partial charge in [-0.15, -0.1) is 0 Å². The average molecular weight is 333 g/mol. The van der Waals surface area contributed by atoms with Gasteiger partial charge in [0.25, 0.3) is 0 Å². The lowest BCUT2D eigenvalue weighted by Gasteiger charge is -2.14. The zero-order valence-corrected chi connectivity index (χ0v) is 13.1. The number of carboxylic acid groups (broad SMARTS) is 1. The van der Waals surface area contributed by atoms with Gasteiger partial charge in [-0.2, -0.15) is 0 Å². The van der Waals surface area contributed by atoms with E-state index >= 15 is 0 Å². The summed E-state index contributed by atoms with van der Waals surface area (Å²) in [7, 11) is 0. The second kappa shape index (κ2) is 6.23. The van der Waals surface area contributed by atoms with Crippen LogP contribution < -0.4 is 0 Å². The Labute approximate surface area is 127 Å². The fourth-order valence-corrected chi connectivity index (χ4v) is 2.47. The van der Waals surface area contributed by atoms with Crippen molar-refractivity contribution in [1.29, 1.82) is 0 Å². The van der Waals surface area contributed by atoms with E-state index in [1.165, 1.54) is 11.1 Å². The fourth-order valence-electron chi connectivity index (χ4n) is 2.21. The molecule has 2 nitrogen and oxygen atoms in total. The molecule has 1 atom stereocenters. The molecule has 0 radical (unpaired) electrons. The lowest BCUT2D eigenvalue weighted by Crippen LogP contribution is -2.14. The molecule has 1 unspecified atom stereocenters. The van der Waals surface area contributed by atoms with Crippen molar-refractivity contribution in [3.05, 3.63) is 69.2 Å². The Morgan fingerprint density at radius 1 is 1.10 bits per heavy atom. The summed E-state index contributed by atoms with van der Waals surface area (Å²) in [4.78, 5) is 11.5. The smallest absolute Gasteiger partial charge is 0.311 e. The van der Waals surface area contributed by atoms with Gasteiger partial charge in [0, 0.05) is 4.47 Å². The van der Waals surface area contributed by atoms with E-state index in [9.17, 15) is 9.90 Å². The van der Waals surface area contributed by atoms with E-state index in [0.717, 1.165) is 15.6 Å². The largest absolute Gasteiger partial charge is 0.481 e. The van der Waals surface area contributed by atoms with Crippen molar-refractivity contribution in [1.82, 2.24) is 0 Å². The summed E-state index contributed by atoms with van der Waals surface area (Å²) < 4.78 is 0.955. The molecule has 0 spiro atoms. The summed E-state index contributed by atoms with van der Waals surface area (Å²) >= 11 is 3.37. The van der Waals surface area contributed by atoms with Gasteiger partial charge in [-0.3, -0.25) is 4.79 Å². The van der Waals surface area contributed by atoms with E-state index in [1.807, 2.05) is 43.3 Å². The van der Waals surface area contributed by atoms with Gasteiger partial charge in [0.05, 0.1) is 5.92 Å². The number of hydrogen-bond donors (Lipinski definition) is 1. The Morgan fingerprint density at radius 2 is 1.75 bits per heavy atom. The number of aryl methyl sites for hydroxylation is 2. The van der Waals surface area contributed by atoms with Crippen LogP contribution >= 0.6 is 15.9 Å². The van der Waals surface area contributed by atoms with E-state index in [2.05, 4.69) is 28.9 Å². The fraction of sp³-hybridized carbons (Fsp3) is 0.235. The molecule has 104 valence electrons. The highest BCUT2D eigenvalue weighted by molar-refractivity contribution is 9.10. The highest BCUT2D eigenvalue weighted by atomic mass is 79.9. The Balaban J connectivity index is 2.27. The molecule has 20 heavy (non-hydrogen) atoms. The minimum absolute atomic E-state index is 0.509. The van der Waals surface area contributed by atoms with Crippen LogP contribution in [0.1, 0.15) is 28.2 Å². The molecule has 0 aliphatic rings. The van der Waals surface area contributed by atoms with Crippen LogP contribution in [0.2, 0.25) is 0 Å². The molecule has 0 aliphatic carbocycles. The zero-order valence-electron chi connectivity index (χ0n) is 11.6. The van der Waals surface area contributed by atoms with Crippen molar-refractivity contribution in [2.45, 2.75) is 26.2 Å². The van der Waals surface area contributed by atoms with Crippen molar-refractivity contribution in [3.8, 4) is 0 Å². The first-order valence-electron chi connectivity index (χ1n) is 6.52. The maximum absolute atomic E-state index is 11.5. The summed E-state index contributed by atoms with van der Waals surface area (Å²) in [5.41, 5.74) is 4.31. The van der Waals surface area contributed by atoms with Crippen LogP contribution in [0.4, 0.5) is 0 Å². The van der Waals surface area contributed by atoms with E-state index in [0.29, 0.717) is 6.42 Å². The molecule has 0 amide bonds. The Morgan fingerprint density at radius 3 is 2.30 bits per heavy atom. The van der Waals surface area contributed by atoms with Crippen LogP contribution in [0.5, 0.6) is 0 Å². The third kappa shape index (κ3) is 3.48. The molecule has 0 aliphatic heterocycles. The van der Waals surface area contributed by atoms with Gasteiger partial charge in [0.15, 0.2) is 0 Å². The molecule has 1 N–H and O–H groups in total. The normalized spacial score (nSPS) is 12.2. The van der Waals surface area contributed by atoms with Gasteiger partial charge in [0.1, 0.15) is 0 Å². The first-order valence-corrected chi connectivity index (χ1v) is 7.31. The highest BCUT2D eigenvalue weighted by Crippen LogP contribution is 2.24. The molecule has 2 aromatic rings. The van der Waals surface area contributed by atoms with E-state index in [-0.39, 0.29) is 0 Å². The Kier molecular flexibility index (Phi) is 4.61. The number of carboxylic acids is 1. The zero-order chi connectivity index (χ0) is 14.7. The summed E-state index contributed by atoms with van der Waals surface area (Å²) in [6.07, 6.45) is 0.512. The van der Waals surface area contributed by atoms with Gasteiger partial charge < -0.3 is 5.11 Å². The standard InChI is InChI=1S/C17H17BrO2/c1-11-3-4-13(9-12(11)2)10-16(17(19)20)14-5-7-15(18)8-6-14/h3-9,16H,10H2,1-2H3,(H,19,20). The number of aliphatic carboxylic acids is 1. The van der Waals surface area contributed by atoms with Crippen LogP contribution in [-0.2, 0) is 11.2 Å². The summed E-state index contributed by atoms with van der Waals surface area (Å²) in [5.74, 6) is -1.30. The third-order valence-corrected chi connectivity index (χ3v) is 4.11. The summed E-state index contributed by atoms with van der Waals surface area (Å²) in [6, 6.07) is 13.6. The minimum Gasteiger partial charge on any atom is -0.481 e. The monoisotopic (exact) mass is 332 g/mol. The van der Waals surface area contributed by atoms with E-state index < -0.39 is 11.9 Å². The number of rotatable bonds is 4. The third-order valence-electron chi connectivity index (χ3n) is 3.58. The minimum atomic E-state index is -0.787. The van der Waals surface area contributed by atoms with Gasteiger partial charge in [-0.25, -0.2) is 0 Å². The highest BCUT2D eigenvalue weighted by Gasteiger charge is 2.20. The molecule has 3 heteroatoms. The summed E-state index contributed by atoms with van der Waals surface area (Å²) in [5, 5.41) is 9.47. The molecule has 0 saturated heterocycles. The number of carbonyl (C=O) groups is 1. The number of benzene rings is 2. The molecule has 0 heterocycles.